The molecule has 2 rings (SSSR count). The molecule has 1 N–H and O–H groups in total. The van der Waals surface area contributed by atoms with Crippen LogP contribution in [0.4, 0.5) is 0 Å². The SMILES string of the molecule is COCC(C)Oc1nc(CNC(C)C)cc2ccccc12. The maximum atomic E-state index is 5.95. The van der Waals surface area contributed by atoms with Gasteiger partial charge in [-0.15, -0.1) is 0 Å². The van der Waals surface area contributed by atoms with Gasteiger partial charge in [0.1, 0.15) is 6.10 Å². The Morgan fingerprint density at radius 3 is 2.67 bits per heavy atom. The molecule has 0 amide bonds. The molecule has 4 heteroatoms. The average Bonchev–Trinajstić information content (AvgIpc) is 2.45. The van der Waals surface area contributed by atoms with Gasteiger partial charge in [-0.05, 0) is 24.4 Å². The zero-order valence-corrected chi connectivity index (χ0v) is 13.2. The molecule has 0 fully saturated rings. The molecule has 114 valence electrons. The van der Waals surface area contributed by atoms with Crippen LogP contribution in [0.5, 0.6) is 5.88 Å². The summed E-state index contributed by atoms with van der Waals surface area (Å²) in [5.41, 5.74) is 0.988. The summed E-state index contributed by atoms with van der Waals surface area (Å²) in [5.74, 6) is 0.679. The van der Waals surface area contributed by atoms with Crippen molar-refractivity contribution in [1.82, 2.24) is 10.3 Å². The molecule has 1 aromatic heterocycles. The van der Waals surface area contributed by atoms with Gasteiger partial charge < -0.3 is 14.8 Å². The molecule has 1 heterocycles. The predicted octanol–water partition coefficient (Wildman–Crippen LogP) is 3.15. The number of pyridine rings is 1. The normalized spacial score (nSPS) is 12.8. The van der Waals surface area contributed by atoms with Crippen molar-refractivity contribution >= 4 is 10.8 Å². The Kier molecular flexibility index (Phi) is 5.53. The van der Waals surface area contributed by atoms with Gasteiger partial charge >= 0.3 is 0 Å². The largest absolute Gasteiger partial charge is 0.472 e. The van der Waals surface area contributed by atoms with Crippen molar-refractivity contribution < 1.29 is 9.47 Å². The fourth-order valence-electron chi connectivity index (χ4n) is 2.17. The van der Waals surface area contributed by atoms with Crippen molar-refractivity contribution in [2.45, 2.75) is 39.5 Å². The fourth-order valence-corrected chi connectivity index (χ4v) is 2.17. The molecule has 0 aliphatic rings. The zero-order chi connectivity index (χ0) is 15.2. The van der Waals surface area contributed by atoms with Gasteiger partial charge in [-0.25, -0.2) is 4.98 Å². The molecule has 1 aromatic carbocycles. The van der Waals surface area contributed by atoms with Crippen molar-refractivity contribution in [3.8, 4) is 5.88 Å². The number of ether oxygens (including phenoxy) is 2. The summed E-state index contributed by atoms with van der Waals surface area (Å²) in [4.78, 5) is 4.65. The summed E-state index contributed by atoms with van der Waals surface area (Å²) in [7, 11) is 1.67. The summed E-state index contributed by atoms with van der Waals surface area (Å²) in [5, 5.41) is 5.57. The Hall–Kier alpha value is -1.65. The first-order valence-corrected chi connectivity index (χ1v) is 7.37. The Labute approximate surface area is 126 Å². The maximum Gasteiger partial charge on any atom is 0.221 e. The topological polar surface area (TPSA) is 43.4 Å². The molecule has 0 spiro atoms. The van der Waals surface area contributed by atoms with Crippen molar-refractivity contribution in [2.75, 3.05) is 13.7 Å². The second-order valence-electron chi connectivity index (χ2n) is 5.56. The molecule has 1 unspecified atom stereocenters. The molecule has 2 aromatic rings. The van der Waals surface area contributed by atoms with Gasteiger partial charge in [0.2, 0.25) is 5.88 Å². The van der Waals surface area contributed by atoms with Gasteiger partial charge in [-0.3, -0.25) is 0 Å². The Bertz CT molecular complexity index is 584. The lowest BCUT2D eigenvalue weighted by molar-refractivity contribution is 0.0900. The highest BCUT2D eigenvalue weighted by Crippen LogP contribution is 2.25. The molecular weight excluding hydrogens is 264 g/mol. The summed E-state index contributed by atoms with van der Waals surface area (Å²) in [6.07, 6.45) is -0.0285. The van der Waals surface area contributed by atoms with E-state index < -0.39 is 0 Å². The number of methoxy groups -OCH3 is 1. The highest BCUT2D eigenvalue weighted by atomic mass is 16.5. The molecule has 0 saturated heterocycles. The van der Waals surface area contributed by atoms with Crippen LogP contribution < -0.4 is 10.1 Å². The van der Waals surface area contributed by atoms with Crippen LogP contribution in [0.1, 0.15) is 26.5 Å². The summed E-state index contributed by atoms with van der Waals surface area (Å²) in [6.45, 7) is 7.51. The fraction of sp³-hybridized carbons (Fsp3) is 0.471. The number of rotatable bonds is 7. The van der Waals surface area contributed by atoms with E-state index in [2.05, 4.69) is 36.3 Å². The number of fused-ring (bicyclic) bond motifs is 1. The van der Waals surface area contributed by atoms with Crippen LogP contribution in [0, 0.1) is 0 Å². The Morgan fingerprint density at radius 1 is 1.19 bits per heavy atom. The van der Waals surface area contributed by atoms with E-state index in [1.165, 1.54) is 0 Å². The smallest absolute Gasteiger partial charge is 0.221 e. The van der Waals surface area contributed by atoms with E-state index in [0.717, 1.165) is 23.0 Å². The minimum atomic E-state index is -0.0285. The van der Waals surface area contributed by atoms with Gasteiger partial charge in [-0.1, -0.05) is 32.0 Å². The van der Waals surface area contributed by atoms with Crippen molar-refractivity contribution in [3.05, 3.63) is 36.0 Å². The first-order chi connectivity index (χ1) is 10.1. The van der Waals surface area contributed by atoms with Crippen LogP contribution in [0.15, 0.2) is 30.3 Å². The summed E-state index contributed by atoms with van der Waals surface area (Å²) in [6, 6.07) is 10.7. The lowest BCUT2D eigenvalue weighted by Gasteiger charge is -2.16. The Morgan fingerprint density at radius 2 is 1.95 bits per heavy atom. The third kappa shape index (κ3) is 4.41. The number of hydrogen-bond acceptors (Lipinski definition) is 4. The van der Waals surface area contributed by atoms with E-state index in [1.807, 2.05) is 25.1 Å². The molecule has 21 heavy (non-hydrogen) atoms. The van der Waals surface area contributed by atoms with Gasteiger partial charge in [0, 0.05) is 25.1 Å². The number of nitrogens with one attached hydrogen (secondary N) is 1. The van der Waals surface area contributed by atoms with Crippen molar-refractivity contribution in [2.24, 2.45) is 0 Å². The average molecular weight is 288 g/mol. The number of aromatic nitrogens is 1. The van der Waals surface area contributed by atoms with Crippen LogP contribution in [-0.2, 0) is 11.3 Å². The number of nitrogens with zero attached hydrogens (tertiary/aromatic N) is 1. The van der Waals surface area contributed by atoms with E-state index in [1.54, 1.807) is 7.11 Å². The molecule has 0 saturated carbocycles. The number of hydrogen-bond donors (Lipinski definition) is 1. The lowest BCUT2D eigenvalue weighted by atomic mass is 10.1. The standard InChI is InChI=1S/C17H24N2O2/c1-12(2)18-10-15-9-14-7-5-6-8-16(14)17(19-15)21-13(3)11-20-4/h5-9,12-13,18H,10-11H2,1-4H3. The van der Waals surface area contributed by atoms with E-state index >= 15 is 0 Å². The second kappa shape index (κ2) is 7.38. The molecular formula is C17H24N2O2. The van der Waals surface area contributed by atoms with E-state index in [4.69, 9.17) is 9.47 Å². The van der Waals surface area contributed by atoms with E-state index in [-0.39, 0.29) is 6.10 Å². The summed E-state index contributed by atoms with van der Waals surface area (Å²) >= 11 is 0. The first-order valence-electron chi connectivity index (χ1n) is 7.37. The van der Waals surface area contributed by atoms with Gasteiger partial charge in [-0.2, -0.15) is 0 Å². The minimum Gasteiger partial charge on any atom is -0.472 e. The second-order valence-corrected chi connectivity index (χ2v) is 5.56. The molecule has 1 atom stereocenters. The first kappa shape index (κ1) is 15.7. The van der Waals surface area contributed by atoms with Crippen LogP contribution in [0.25, 0.3) is 10.8 Å². The predicted molar refractivity (Wildman–Crippen MR) is 85.7 cm³/mol. The highest BCUT2D eigenvalue weighted by molar-refractivity contribution is 5.87. The van der Waals surface area contributed by atoms with Crippen LogP contribution in [-0.4, -0.2) is 30.8 Å². The van der Waals surface area contributed by atoms with Crippen LogP contribution in [0.2, 0.25) is 0 Å². The Balaban J connectivity index is 2.31. The lowest BCUT2D eigenvalue weighted by Crippen LogP contribution is -2.23. The van der Waals surface area contributed by atoms with Gasteiger partial charge in [0.15, 0.2) is 0 Å². The molecule has 0 radical (unpaired) electrons. The number of benzene rings is 1. The summed E-state index contributed by atoms with van der Waals surface area (Å²) < 4.78 is 11.1. The molecule has 4 nitrogen and oxygen atoms in total. The van der Waals surface area contributed by atoms with Crippen molar-refractivity contribution in [1.29, 1.82) is 0 Å². The highest BCUT2D eigenvalue weighted by Gasteiger charge is 2.11. The molecule has 0 bridgehead atoms. The van der Waals surface area contributed by atoms with Gasteiger partial charge in [0.05, 0.1) is 12.3 Å². The quantitative estimate of drug-likeness (QED) is 0.850. The molecule has 0 aliphatic heterocycles. The van der Waals surface area contributed by atoms with E-state index in [0.29, 0.717) is 18.5 Å². The van der Waals surface area contributed by atoms with Crippen molar-refractivity contribution in [3.63, 3.8) is 0 Å². The molecule has 0 aliphatic carbocycles. The maximum absolute atomic E-state index is 5.95. The third-order valence-corrected chi connectivity index (χ3v) is 3.16. The minimum absolute atomic E-state index is 0.0285. The van der Waals surface area contributed by atoms with E-state index in [9.17, 15) is 0 Å². The zero-order valence-electron chi connectivity index (χ0n) is 13.2. The third-order valence-electron chi connectivity index (χ3n) is 3.16. The van der Waals surface area contributed by atoms with Crippen LogP contribution in [0.3, 0.4) is 0 Å². The van der Waals surface area contributed by atoms with Crippen LogP contribution >= 0.6 is 0 Å². The van der Waals surface area contributed by atoms with Gasteiger partial charge in [0.25, 0.3) is 0 Å². The monoisotopic (exact) mass is 288 g/mol.